The lowest BCUT2D eigenvalue weighted by Gasteiger charge is -2.31. The lowest BCUT2D eigenvalue weighted by atomic mass is 10.3. The van der Waals surface area contributed by atoms with E-state index in [0.717, 1.165) is 32.7 Å². The maximum Gasteiger partial charge on any atom is 0.248 e. The van der Waals surface area contributed by atoms with E-state index in [2.05, 4.69) is 6.92 Å². The molecule has 1 rings (SSSR count). The summed E-state index contributed by atoms with van der Waals surface area (Å²) in [6.07, 6.45) is 0. The highest BCUT2D eigenvalue weighted by Gasteiger charge is 2.21. The molecule has 1 amide bonds. The molecular formula is C10H21N2O2+. The number of quaternary nitrogens is 1. The minimum absolute atomic E-state index is 0.141. The van der Waals surface area contributed by atoms with E-state index in [9.17, 15) is 4.79 Å². The molecule has 0 radical (unpaired) electrons. The molecule has 82 valence electrons. The fourth-order valence-electron chi connectivity index (χ4n) is 1.71. The average molecular weight is 201 g/mol. The lowest BCUT2D eigenvalue weighted by Crippen LogP contribution is -3.14. The highest BCUT2D eigenvalue weighted by atomic mass is 16.5. The summed E-state index contributed by atoms with van der Waals surface area (Å²) in [6.45, 7) is 10.0. The Balaban J connectivity index is 2.23. The van der Waals surface area contributed by atoms with Crippen molar-refractivity contribution in [1.82, 2.24) is 4.90 Å². The van der Waals surface area contributed by atoms with Gasteiger partial charge in [0.05, 0.1) is 32.7 Å². The van der Waals surface area contributed by atoms with Gasteiger partial charge in [-0.1, -0.05) is 0 Å². The number of nitrogens with one attached hydrogen (secondary N) is 1. The monoisotopic (exact) mass is 201 g/mol. The van der Waals surface area contributed by atoms with Gasteiger partial charge in [-0.05, 0) is 13.8 Å². The van der Waals surface area contributed by atoms with Crippen LogP contribution >= 0.6 is 0 Å². The first-order chi connectivity index (χ1) is 6.77. The molecule has 0 saturated carbocycles. The number of ether oxygens (including phenoxy) is 1. The second-order valence-corrected chi connectivity index (χ2v) is 3.62. The van der Waals surface area contributed by atoms with Gasteiger partial charge >= 0.3 is 0 Å². The third-order valence-electron chi connectivity index (χ3n) is 2.75. The van der Waals surface area contributed by atoms with Crippen LogP contribution in [0.2, 0.25) is 0 Å². The van der Waals surface area contributed by atoms with Crippen molar-refractivity contribution in [2.45, 2.75) is 13.8 Å². The van der Waals surface area contributed by atoms with Gasteiger partial charge in [0.2, 0.25) is 5.91 Å². The van der Waals surface area contributed by atoms with Crippen LogP contribution in [0, 0.1) is 0 Å². The fourth-order valence-corrected chi connectivity index (χ4v) is 1.71. The van der Waals surface area contributed by atoms with E-state index >= 15 is 0 Å². The summed E-state index contributed by atoms with van der Waals surface area (Å²) in [5, 5.41) is 0. The predicted octanol–water partition coefficient (Wildman–Crippen LogP) is -1.23. The summed E-state index contributed by atoms with van der Waals surface area (Å²) in [4.78, 5) is 15.0. The minimum atomic E-state index is 0.141. The van der Waals surface area contributed by atoms with E-state index in [1.165, 1.54) is 0 Å². The van der Waals surface area contributed by atoms with E-state index in [4.69, 9.17) is 4.74 Å². The Kier molecular flexibility index (Phi) is 4.90. The maximum absolute atomic E-state index is 11.5. The van der Waals surface area contributed by atoms with Gasteiger partial charge in [0.1, 0.15) is 6.61 Å². The molecule has 1 N–H and O–H groups in total. The number of amides is 1. The lowest BCUT2D eigenvalue weighted by molar-refractivity contribution is -0.902. The van der Waals surface area contributed by atoms with E-state index < -0.39 is 0 Å². The third-order valence-corrected chi connectivity index (χ3v) is 2.75. The Labute approximate surface area is 85.8 Å². The molecular weight excluding hydrogens is 180 g/mol. The molecule has 0 aromatic heterocycles. The Morgan fingerprint density at radius 1 is 1.36 bits per heavy atom. The van der Waals surface area contributed by atoms with Gasteiger partial charge in [-0.15, -0.1) is 0 Å². The Morgan fingerprint density at radius 3 is 2.50 bits per heavy atom. The number of rotatable bonds is 4. The van der Waals surface area contributed by atoms with Gasteiger partial charge in [-0.3, -0.25) is 4.79 Å². The topological polar surface area (TPSA) is 34.0 Å². The number of nitrogens with zero attached hydrogens (tertiary/aromatic N) is 1. The quantitative estimate of drug-likeness (QED) is 0.618. The maximum atomic E-state index is 11.5. The number of carbonyl (C=O) groups excluding carboxylic acids is 1. The molecule has 4 heteroatoms. The minimum Gasteiger partial charge on any atom is -0.372 e. The first kappa shape index (κ1) is 11.5. The zero-order valence-electron chi connectivity index (χ0n) is 9.21. The van der Waals surface area contributed by atoms with Crippen molar-refractivity contribution in [2.24, 2.45) is 0 Å². The molecule has 0 unspecified atom stereocenters. The predicted molar refractivity (Wildman–Crippen MR) is 54.3 cm³/mol. The van der Waals surface area contributed by atoms with Crippen LogP contribution in [0.3, 0.4) is 0 Å². The van der Waals surface area contributed by atoms with Crippen LogP contribution in [-0.2, 0) is 9.53 Å². The highest BCUT2D eigenvalue weighted by Crippen LogP contribution is 1.91. The van der Waals surface area contributed by atoms with Gasteiger partial charge in [0, 0.05) is 6.61 Å². The molecule has 0 aromatic carbocycles. The zero-order chi connectivity index (χ0) is 10.4. The molecule has 1 heterocycles. The Bertz CT molecular complexity index is 177. The summed E-state index contributed by atoms with van der Waals surface area (Å²) in [7, 11) is 0. The van der Waals surface area contributed by atoms with Crippen LogP contribution in [0.1, 0.15) is 13.8 Å². The molecule has 1 aliphatic rings. The molecule has 14 heavy (non-hydrogen) atoms. The molecule has 1 aliphatic heterocycles. The van der Waals surface area contributed by atoms with Crippen molar-refractivity contribution in [3.05, 3.63) is 0 Å². The second-order valence-electron chi connectivity index (χ2n) is 3.62. The van der Waals surface area contributed by atoms with Gasteiger partial charge < -0.3 is 14.5 Å². The Morgan fingerprint density at radius 2 is 2.00 bits per heavy atom. The number of hydrogen-bond acceptors (Lipinski definition) is 2. The zero-order valence-corrected chi connectivity index (χ0v) is 9.21. The molecule has 0 spiro atoms. The second kappa shape index (κ2) is 5.98. The highest BCUT2D eigenvalue weighted by molar-refractivity contribution is 5.77. The van der Waals surface area contributed by atoms with Crippen LogP contribution in [0.15, 0.2) is 0 Å². The SMILES string of the molecule is CCOCC(=O)N1CC[NH+](CC)CC1. The number of piperazine rings is 1. The molecule has 0 aromatic rings. The van der Waals surface area contributed by atoms with E-state index in [0.29, 0.717) is 6.61 Å². The average Bonchev–Trinajstić information content (AvgIpc) is 2.26. The molecule has 0 atom stereocenters. The molecule has 1 fully saturated rings. The smallest absolute Gasteiger partial charge is 0.248 e. The first-order valence-electron chi connectivity index (χ1n) is 5.47. The van der Waals surface area contributed by atoms with Crippen molar-refractivity contribution in [3.8, 4) is 0 Å². The standard InChI is InChI=1S/C10H20N2O2/c1-3-11-5-7-12(8-6-11)10(13)9-14-4-2/h3-9H2,1-2H3/p+1. The molecule has 0 aliphatic carbocycles. The summed E-state index contributed by atoms with van der Waals surface area (Å²) < 4.78 is 5.10. The third kappa shape index (κ3) is 3.27. The summed E-state index contributed by atoms with van der Waals surface area (Å²) in [5.74, 6) is 0.141. The largest absolute Gasteiger partial charge is 0.372 e. The fraction of sp³-hybridized carbons (Fsp3) is 0.900. The summed E-state index contributed by atoms with van der Waals surface area (Å²) in [6, 6.07) is 0. The van der Waals surface area contributed by atoms with Crippen molar-refractivity contribution in [3.63, 3.8) is 0 Å². The number of likely N-dealkylation sites (N-methyl/N-ethyl adjacent to an activating group) is 1. The van der Waals surface area contributed by atoms with Gasteiger partial charge in [-0.25, -0.2) is 0 Å². The van der Waals surface area contributed by atoms with Crippen molar-refractivity contribution >= 4 is 5.91 Å². The van der Waals surface area contributed by atoms with E-state index in [1.54, 1.807) is 4.90 Å². The van der Waals surface area contributed by atoms with Crippen molar-refractivity contribution in [1.29, 1.82) is 0 Å². The van der Waals surface area contributed by atoms with Gasteiger partial charge in [0.25, 0.3) is 0 Å². The van der Waals surface area contributed by atoms with Crippen LogP contribution in [0.25, 0.3) is 0 Å². The van der Waals surface area contributed by atoms with Crippen molar-refractivity contribution in [2.75, 3.05) is 45.9 Å². The van der Waals surface area contributed by atoms with E-state index in [-0.39, 0.29) is 12.5 Å². The van der Waals surface area contributed by atoms with Gasteiger partial charge in [-0.2, -0.15) is 0 Å². The van der Waals surface area contributed by atoms with Gasteiger partial charge in [0.15, 0.2) is 0 Å². The number of carbonyl (C=O) groups is 1. The molecule has 4 nitrogen and oxygen atoms in total. The molecule has 1 saturated heterocycles. The Hall–Kier alpha value is -0.610. The van der Waals surface area contributed by atoms with Crippen LogP contribution < -0.4 is 4.90 Å². The van der Waals surface area contributed by atoms with Crippen LogP contribution in [0.4, 0.5) is 0 Å². The normalized spacial score (nSPS) is 18.6. The molecule has 0 bridgehead atoms. The summed E-state index contributed by atoms with van der Waals surface area (Å²) in [5.41, 5.74) is 0. The van der Waals surface area contributed by atoms with Crippen molar-refractivity contribution < 1.29 is 14.4 Å². The first-order valence-corrected chi connectivity index (χ1v) is 5.47. The van der Waals surface area contributed by atoms with Crippen LogP contribution in [0.5, 0.6) is 0 Å². The van der Waals surface area contributed by atoms with Crippen LogP contribution in [-0.4, -0.2) is 56.7 Å². The number of hydrogen-bond donors (Lipinski definition) is 1. The van der Waals surface area contributed by atoms with E-state index in [1.807, 2.05) is 11.8 Å². The summed E-state index contributed by atoms with van der Waals surface area (Å²) >= 11 is 0.